The largest absolute Gasteiger partial charge is 1.00 e. The second kappa shape index (κ2) is 10.9. The maximum absolute atomic E-state index is 11.6. The first-order chi connectivity index (χ1) is 8.65. The van der Waals surface area contributed by atoms with E-state index >= 15 is 0 Å². The van der Waals surface area contributed by atoms with Crippen LogP contribution < -0.4 is 56.5 Å². The van der Waals surface area contributed by atoms with Gasteiger partial charge in [-0.05, 0) is 18.9 Å². The molecule has 0 saturated carbocycles. The van der Waals surface area contributed by atoms with Crippen LogP contribution in [0.15, 0.2) is 18.2 Å². The minimum Gasteiger partial charge on any atom is -0.872 e. The third kappa shape index (κ3) is 7.47. The van der Waals surface area contributed by atoms with Crippen LogP contribution in [0.3, 0.4) is 0 Å². The molecule has 0 bridgehead atoms. The van der Waals surface area contributed by atoms with Crippen LogP contribution in [-0.4, -0.2) is 11.1 Å². The van der Waals surface area contributed by atoms with Crippen molar-refractivity contribution in [3.05, 3.63) is 29.3 Å². The number of hydrogen-bond donors (Lipinski definition) is 1. The first kappa shape index (κ1) is 19.1. The standard InChI is InChI=1S/C15H22O3.K/c1-2-3-4-5-6-7-8-12-9-10-13(15(17)18)11-14(12)16;/h9-11,16H,2-8H2,1H3,(H,17,18);/q;+1/p-1. The van der Waals surface area contributed by atoms with Crippen molar-refractivity contribution in [2.75, 3.05) is 0 Å². The Hall–Kier alpha value is 0.126. The topological polar surface area (TPSA) is 60.4 Å². The predicted octanol–water partition coefficient (Wildman–Crippen LogP) is 0.365. The second-order valence-electron chi connectivity index (χ2n) is 4.65. The van der Waals surface area contributed by atoms with Gasteiger partial charge in [-0.15, -0.1) is 5.75 Å². The molecule has 0 saturated heterocycles. The summed E-state index contributed by atoms with van der Waals surface area (Å²) in [6, 6.07) is 4.38. The Morgan fingerprint density at radius 3 is 2.37 bits per heavy atom. The molecule has 0 aliphatic rings. The number of carboxylic acids is 1. The summed E-state index contributed by atoms with van der Waals surface area (Å²) in [5, 5.41) is 20.4. The molecule has 0 unspecified atom stereocenters. The molecule has 3 nitrogen and oxygen atoms in total. The molecular formula is C15H21KO3. The summed E-state index contributed by atoms with van der Waals surface area (Å²) in [7, 11) is 0. The van der Waals surface area contributed by atoms with Gasteiger partial charge in [0.05, 0.1) is 5.56 Å². The molecule has 0 aliphatic heterocycles. The summed E-state index contributed by atoms with van der Waals surface area (Å²) in [6.07, 6.45) is 7.89. The summed E-state index contributed by atoms with van der Waals surface area (Å²) in [5.74, 6) is -1.19. The van der Waals surface area contributed by atoms with Gasteiger partial charge in [-0.25, -0.2) is 4.79 Å². The number of aryl methyl sites for hydroxylation is 1. The third-order valence-corrected chi connectivity index (χ3v) is 3.11. The van der Waals surface area contributed by atoms with Crippen LogP contribution in [-0.2, 0) is 6.42 Å². The van der Waals surface area contributed by atoms with Crippen molar-refractivity contribution in [3.8, 4) is 5.75 Å². The fourth-order valence-corrected chi connectivity index (χ4v) is 1.99. The van der Waals surface area contributed by atoms with E-state index in [2.05, 4.69) is 6.92 Å². The molecule has 4 heteroatoms. The number of unbranched alkanes of at least 4 members (excludes halogenated alkanes) is 5. The van der Waals surface area contributed by atoms with Crippen LogP contribution in [0.4, 0.5) is 0 Å². The summed E-state index contributed by atoms with van der Waals surface area (Å²) in [5.41, 5.74) is 0.808. The van der Waals surface area contributed by atoms with E-state index in [1.54, 1.807) is 6.07 Å². The van der Waals surface area contributed by atoms with Crippen LogP contribution in [0, 0.1) is 0 Å². The van der Waals surface area contributed by atoms with Gasteiger partial charge in [0.25, 0.3) is 0 Å². The molecule has 19 heavy (non-hydrogen) atoms. The van der Waals surface area contributed by atoms with Crippen molar-refractivity contribution in [2.45, 2.75) is 51.9 Å². The zero-order valence-corrected chi connectivity index (χ0v) is 15.1. The second-order valence-corrected chi connectivity index (χ2v) is 4.65. The number of aromatic carboxylic acids is 1. The SMILES string of the molecule is CCCCCCCCc1ccc(C(=O)O)cc1[O-].[K+]. The van der Waals surface area contributed by atoms with Gasteiger partial charge < -0.3 is 10.2 Å². The Balaban J connectivity index is 0.00000324. The molecule has 1 rings (SSSR count). The maximum Gasteiger partial charge on any atom is 1.00 e. The van der Waals surface area contributed by atoms with E-state index < -0.39 is 5.97 Å². The fraction of sp³-hybridized carbons (Fsp3) is 0.533. The molecule has 0 aliphatic carbocycles. The number of carboxylic acid groups (broad SMARTS) is 1. The van der Waals surface area contributed by atoms with Crippen molar-refractivity contribution in [1.29, 1.82) is 0 Å². The zero-order valence-electron chi connectivity index (χ0n) is 11.9. The summed E-state index contributed by atoms with van der Waals surface area (Å²) < 4.78 is 0. The fourth-order valence-electron chi connectivity index (χ4n) is 1.99. The minimum absolute atomic E-state index is 0. The van der Waals surface area contributed by atoms with Crippen LogP contribution >= 0.6 is 0 Å². The maximum atomic E-state index is 11.6. The third-order valence-electron chi connectivity index (χ3n) is 3.11. The molecule has 0 atom stereocenters. The Labute approximate surface area is 157 Å². The van der Waals surface area contributed by atoms with Gasteiger partial charge in [0, 0.05) is 0 Å². The Kier molecular flexibility index (Phi) is 10.9. The molecule has 0 aromatic heterocycles. The van der Waals surface area contributed by atoms with Crippen LogP contribution in [0.2, 0.25) is 0 Å². The molecule has 100 valence electrons. The van der Waals surface area contributed by atoms with E-state index in [9.17, 15) is 9.90 Å². The van der Waals surface area contributed by atoms with E-state index in [0.717, 1.165) is 24.8 Å². The van der Waals surface area contributed by atoms with E-state index in [4.69, 9.17) is 5.11 Å². The monoisotopic (exact) mass is 288 g/mol. The smallest absolute Gasteiger partial charge is 0.872 e. The Morgan fingerprint density at radius 2 is 1.79 bits per heavy atom. The Morgan fingerprint density at radius 1 is 1.16 bits per heavy atom. The summed E-state index contributed by atoms with van der Waals surface area (Å²) >= 11 is 0. The van der Waals surface area contributed by atoms with Gasteiger partial charge in [-0.1, -0.05) is 56.7 Å². The van der Waals surface area contributed by atoms with Crippen molar-refractivity contribution in [2.24, 2.45) is 0 Å². The van der Waals surface area contributed by atoms with Gasteiger partial charge in [-0.2, -0.15) is 0 Å². The molecule has 0 radical (unpaired) electrons. The van der Waals surface area contributed by atoms with Gasteiger partial charge >= 0.3 is 57.4 Å². The van der Waals surface area contributed by atoms with Crippen molar-refractivity contribution in [3.63, 3.8) is 0 Å². The number of carbonyl (C=O) groups is 1. The molecule has 1 aromatic carbocycles. The number of rotatable bonds is 8. The normalized spacial score (nSPS) is 9.95. The summed E-state index contributed by atoms with van der Waals surface area (Å²) in [4.78, 5) is 10.7. The minimum atomic E-state index is -1.04. The van der Waals surface area contributed by atoms with E-state index in [1.807, 2.05) is 0 Å². The van der Waals surface area contributed by atoms with Crippen molar-refractivity contribution < 1.29 is 66.4 Å². The number of hydrogen-bond acceptors (Lipinski definition) is 2. The van der Waals surface area contributed by atoms with Crippen LogP contribution in [0.5, 0.6) is 5.75 Å². The van der Waals surface area contributed by atoms with E-state index in [1.165, 1.54) is 37.8 Å². The predicted molar refractivity (Wildman–Crippen MR) is 69.9 cm³/mol. The van der Waals surface area contributed by atoms with Gasteiger partial charge in [0.1, 0.15) is 0 Å². The quantitative estimate of drug-likeness (QED) is 0.555. The average molecular weight is 288 g/mol. The molecule has 0 heterocycles. The molecule has 0 spiro atoms. The summed E-state index contributed by atoms with van der Waals surface area (Å²) in [6.45, 7) is 2.19. The number of benzene rings is 1. The molecule has 0 fully saturated rings. The molecule has 1 aromatic rings. The first-order valence-corrected chi connectivity index (χ1v) is 6.68. The van der Waals surface area contributed by atoms with Crippen molar-refractivity contribution >= 4 is 5.97 Å². The van der Waals surface area contributed by atoms with Crippen LogP contribution in [0.25, 0.3) is 0 Å². The van der Waals surface area contributed by atoms with Gasteiger partial charge in [-0.3, -0.25) is 0 Å². The van der Waals surface area contributed by atoms with Crippen LogP contribution in [0.1, 0.15) is 61.4 Å². The van der Waals surface area contributed by atoms with Gasteiger partial charge in [0.2, 0.25) is 0 Å². The molecule has 1 N–H and O–H groups in total. The average Bonchev–Trinajstić information content (AvgIpc) is 2.35. The van der Waals surface area contributed by atoms with E-state index in [0.29, 0.717) is 0 Å². The van der Waals surface area contributed by atoms with Crippen molar-refractivity contribution in [1.82, 2.24) is 0 Å². The van der Waals surface area contributed by atoms with Gasteiger partial charge in [0.15, 0.2) is 0 Å². The molecular weight excluding hydrogens is 267 g/mol. The molecule has 0 amide bonds. The van der Waals surface area contributed by atoms with E-state index in [-0.39, 0.29) is 62.7 Å². The Bertz CT molecular complexity index is 391. The first-order valence-electron chi connectivity index (χ1n) is 6.68. The zero-order chi connectivity index (χ0) is 13.4.